The monoisotopic (exact) mass is 276 g/mol. The molecule has 1 heterocycles. The molecule has 0 saturated heterocycles. The predicted molar refractivity (Wildman–Crippen MR) is 78.2 cm³/mol. The van der Waals surface area contributed by atoms with Crippen molar-refractivity contribution in [1.29, 1.82) is 0 Å². The molecule has 0 saturated carbocycles. The van der Waals surface area contributed by atoms with Crippen LogP contribution in [0.4, 0.5) is 0 Å². The molecule has 0 aromatic heterocycles. The Morgan fingerprint density at radius 2 is 1.84 bits per heavy atom. The van der Waals surface area contributed by atoms with Crippen molar-refractivity contribution in [1.82, 2.24) is 0 Å². The maximum absolute atomic E-state index is 12.2. The summed E-state index contributed by atoms with van der Waals surface area (Å²) in [6, 6.07) is 9.91. The van der Waals surface area contributed by atoms with Gasteiger partial charge in [-0.25, -0.2) is 0 Å². The van der Waals surface area contributed by atoms with E-state index in [9.17, 15) is 4.79 Å². The zero-order valence-corrected chi connectivity index (χ0v) is 12.9. The topological polar surface area (TPSA) is 35.5 Å². The fourth-order valence-electron chi connectivity index (χ4n) is 2.37. The molecule has 4 heteroatoms. The van der Waals surface area contributed by atoms with E-state index in [1.165, 1.54) is 0 Å². The molecule has 2 rings (SSSR count). The van der Waals surface area contributed by atoms with Gasteiger partial charge >= 0.3 is 5.97 Å². The van der Waals surface area contributed by atoms with Crippen molar-refractivity contribution >= 4 is 19.6 Å². The lowest BCUT2D eigenvalue weighted by Crippen LogP contribution is -2.32. The summed E-state index contributed by atoms with van der Waals surface area (Å²) in [5.74, 6) is 0.229. The van der Waals surface area contributed by atoms with Gasteiger partial charge in [-0.3, -0.25) is 4.79 Å². The second kappa shape index (κ2) is 5.21. The Balaban J connectivity index is 2.52. The third kappa shape index (κ3) is 2.73. The molecule has 19 heavy (non-hydrogen) atoms. The van der Waals surface area contributed by atoms with Gasteiger partial charge in [0.25, 0.3) is 5.95 Å². The lowest BCUT2D eigenvalue weighted by Gasteiger charge is -2.23. The number of cyclic esters (lactones) is 1. The van der Waals surface area contributed by atoms with Crippen molar-refractivity contribution in [2.45, 2.75) is 32.1 Å². The molecule has 1 aliphatic heterocycles. The molecule has 1 aliphatic rings. The molecule has 1 atom stereocenters. The second-order valence-corrected chi connectivity index (χ2v) is 11.0. The number of carbonyl (C=O) groups excluding carboxylic acids is 1. The minimum Gasteiger partial charge on any atom is -0.465 e. The van der Waals surface area contributed by atoms with E-state index in [0.29, 0.717) is 12.6 Å². The van der Waals surface area contributed by atoms with Crippen molar-refractivity contribution in [2.75, 3.05) is 6.61 Å². The van der Waals surface area contributed by atoms with Crippen LogP contribution in [0.25, 0.3) is 5.57 Å². The minimum absolute atomic E-state index is 0.156. The van der Waals surface area contributed by atoms with Gasteiger partial charge in [0.2, 0.25) is 0 Å². The van der Waals surface area contributed by atoms with Crippen LogP contribution >= 0.6 is 0 Å². The molecular weight excluding hydrogens is 256 g/mol. The summed E-state index contributed by atoms with van der Waals surface area (Å²) < 4.78 is 10.9. The van der Waals surface area contributed by atoms with E-state index in [-0.39, 0.29) is 11.5 Å². The second-order valence-electron chi connectivity index (χ2n) is 5.72. The number of benzene rings is 1. The molecule has 0 fully saturated rings. The number of esters is 1. The first-order valence-electron chi connectivity index (χ1n) is 6.59. The van der Waals surface area contributed by atoms with E-state index in [4.69, 9.17) is 9.47 Å². The Morgan fingerprint density at radius 3 is 2.37 bits per heavy atom. The first-order valence-corrected chi connectivity index (χ1v) is 10.2. The lowest BCUT2D eigenvalue weighted by molar-refractivity contribution is -0.140. The summed E-state index contributed by atoms with van der Waals surface area (Å²) in [5.41, 5.74) is 1.78. The lowest BCUT2D eigenvalue weighted by atomic mass is 10.0. The van der Waals surface area contributed by atoms with E-state index < -0.39 is 8.07 Å². The van der Waals surface area contributed by atoms with E-state index in [1.54, 1.807) is 0 Å². The Kier molecular flexibility index (Phi) is 3.80. The Bertz CT molecular complexity index is 500. The average Bonchev–Trinajstić information content (AvgIpc) is 2.67. The molecule has 1 aromatic carbocycles. The maximum Gasteiger partial charge on any atom is 0.318 e. The van der Waals surface area contributed by atoms with Gasteiger partial charge in [0.15, 0.2) is 0 Å². The molecule has 1 unspecified atom stereocenters. The van der Waals surface area contributed by atoms with Crippen LogP contribution in [-0.2, 0) is 14.3 Å². The number of rotatable bonds is 4. The molecule has 102 valence electrons. The highest BCUT2D eigenvalue weighted by Gasteiger charge is 2.45. The van der Waals surface area contributed by atoms with Crippen LogP contribution in [0.1, 0.15) is 12.5 Å². The van der Waals surface area contributed by atoms with Crippen LogP contribution in [0, 0.1) is 0 Å². The van der Waals surface area contributed by atoms with Crippen LogP contribution in [0.5, 0.6) is 0 Å². The zero-order valence-electron chi connectivity index (χ0n) is 11.9. The number of hydrogen-bond acceptors (Lipinski definition) is 3. The van der Waals surface area contributed by atoms with Gasteiger partial charge < -0.3 is 9.47 Å². The summed E-state index contributed by atoms with van der Waals surface area (Å²) in [6.45, 7) is 8.92. The highest BCUT2D eigenvalue weighted by molar-refractivity contribution is 6.82. The van der Waals surface area contributed by atoms with Crippen molar-refractivity contribution in [3.8, 4) is 0 Å². The van der Waals surface area contributed by atoms with Gasteiger partial charge in [-0.1, -0.05) is 50.0 Å². The van der Waals surface area contributed by atoms with Crippen LogP contribution < -0.4 is 0 Å². The van der Waals surface area contributed by atoms with Crippen molar-refractivity contribution in [2.24, 2.45) is 0 Å². The fourth-order valence-corrected chi connectivity index (χ4v) is 4.28. The van der Waals surface area contributed by atoms with Crippen molar-refractivity contribution in [3.63, 3.8) is 0 Å². The van der Waals surface area contributed by atoms with Gasteiger partial charge in [0, 0.05) is 0 Å². The average molecular weight is 276 g/mol. The summed E-state index contributed by atoms with van der Waals surface area (Å²) in [6.07, 6.45) is 0. The summed E-state index contributed by atoms with van der Waals surface area (Å²) in [4.78, 5) is 12.2. The van der Waals surface area contributed by atoms with Crippen LogP contribution in [0.15, 0.2) is 36.3 Å². The van der Waals surface area contributed by atoms with Crippen LogP contribution in [0.3, 0.4) is 0 Å². The van der Waals surface area contributed by atoms with Gasteiger partial charge in [-0.2, -0.15) is 0 Å². The van der Waals surface area contributed by atoms with Gasteiger partial charge in [-0.05, 0) is 12.5 Å². The molecule has 0 aliphatic carbocycles. The largest absolute Gasteiger partial charge is 0.465 e. The molecular formula is C15H20O3Si. The SMILES string of the molecule is CCOC1=C(c2ccccc2)C([Si](C)(C)C)C(=O)O1. The molecule has 0 N–H and O–H groups in total. The van der Waals surface area contributed by atoms with E-state index in [0.717, 1.165) is 11.1 Å². The first kappa shape index (κ1) is 13.9. The summed E-state index contributed by atoms with van der Waals surface area (Å²) in [7, 11) is -1.72. The third-order valence-corrected chi connectivity index (χ3v) is 5.42. The molecule has 0 spiro atoms. The number of ether oxygens (including phenoxy) is 2. The van der Waals surface area contributed by atoms with Crippen molar-refractivity contribution < 1.29 is 14.3 Å². The van der Waals surface area contributed by atoms with Gasteiger partial charge in [-0.15, -0.1) is 0 Å². The first-order chi connectivity index (χ1) is 8.95. The number of hydrogen-bond donors (Lipinski definition) is 0. The third-order valence-electron chi connectivity index (χ3n) is 3.16. The summed E-state index contributed by atoms with van der Waals surface area (Å²) in [5, 5.41) is 0. The van der Waals surface area contributed by atoms with Gasteiger partial charge in [0.05, 0.1) is 25.8 Å². The summed E-state index contributed by atoms with van der Waals surface area (Å²) >= 11 is 0. The fraction of sp³-hybridized carbons (Fsp3) is 0.400. The maximum atomic E-state index is 12.2. The zero-order chi connectivity index (χ0) is 14.0. The van der Waals surface area contributed by atoms with Gasteiger partial charge in [0.1, 0.15) is 0 Å². The Labute approximate surface area is 115 Å². The van der Waals surface area contributed by atoms with Crippen molar-refractivity contribution in [3.05, 3.63) is 41.8 Å². The van der Waals surface area contributed by atoms with E-state index in [2.05, 4.69) is 19.6 Å². The standard InChI is InChI=1S/C15H20O3Si/c1-5-17-15-12(11-9-7-6-8-10-11)13(14(16)18-15)19(2,3)4/h6-10,13H,5H2,1-4H3. The quantitative estimate of drug-likeness (QED) is 0.622. The van der Waals surface area contributed by atoms with Crippen LogP contribution in [0.2, 0.25) is 25.2 Å². The molecule has 0 bridgehead atoms. The molecule has 1 aromatic rings. The predicted octanol–water partition coefficient (Wildman–Crippen LogP) is 3.66. The molecule has 0 radical (unpaired) electrons. The van der Waals surface area contributed by atoms with E-state index >= 15 is 0 Å². The molecule has 0 amide bonds. The smallest absolute Gasteiger partial charge is 0.318 e. The highest BCUT2D eigenvalue weighted by Crippen LogP contribution is 2.45. The Hall–Kier alpha value is -1.55. The van der Waals surface area contributed by atoms with Crippen LogP contribution in [-0.4, -0.2) is 20.7 Å². The molecule has 3 nitrogen and oxygen atoms in total. The normalized spacial score (nSPS) is 19.6. The Morgan fingerprint density at radius 1 is 1.21 bits per heavy atom. The highest BCUT2D eigenvalue weighted by atomic mass is 28.3. The van der Waals surface area contributed by atoms with E-state index in [1.807, 2.05) is 37.3 Å². The minimum atomic E-state index is -1.72. The number of carbonyl (C=O) groups is 1.